The van der Waals surface area contributed by atoms with Gasteiger partial charge in [-0.25, -0.2) is 4.79 Å². The lowest BCUT2D eigenvalue weighted by molar-refractivity contribution is -0.137. The van der Waals surface area contributed by atoms with Gasteiger partial charge in [-0.15, -0.1) is 6.58 Å². The Labute approximate surface area is 115 Å². The zero-order valence-electron chi connectivity index (χ0n) is 12.3. The van der Waals surface area contributed by atoms with Gasteiger partial charge in [-0.1, -0.05) is 26.8 Å². The molecule has 0 saturated carbocycles. The highest BCUT2D eigenvalue weighted by Gasteiger charge is 2.23. The lowest BCUT2D eigenvalue weighted by Gasteiger charge is -2.26. The summed E-state index contributed by atoms with van der Waals surface area (Å²) in [7, 11) is 0. The molecular weight excluding hydrogens is 244 g/mol. The van der Waals surface area contributed by atoms with Crippen molar-refractivity contribution in [3.63, 3.8) is 0 Å². The first-order valence-electron chi connectivity index (χ1n) is 6.53. The minimum atomic E-state index is -0.909. The lowest BCUT2D eigenvalue weighted by atomic mass is 9.87. The summed E-state index contributed by atoms with van der Waals surface area (Å²) in [5.41, 5.74) is -0.0415. The van der Waals surface area contributed by atoms with Crippen molar-refractivity contribution in [3.05, 3.63) is 12.7 Å². The van der Waals surface area contributed by atoms with E-state index in [2.05, 4.69) is 17.2 Å². The summed E-state index contributed by atoms with van der Waals surface area (Å²) < 4.78 is 0. The van der Waals surface area contributed by atoms with Crippen LogP contribution >= 0.6 is 0 Å². The predicted octanol–water partition coefficient (Wildman–Crippen LogP) is 2.53. The van der Waals surface area contributed by atoms with Crippen LogP contribution < -0.4 is 10.6 Å². The Morgan fingerprint density at radius 1 is 1.32 bits per heavy atom. The van der Waals surface area contributed by atoms with Crippen molar-refractivity contribution in [2.24, 2.45) is 5.41 Å². The molecule has 0 aromatic heterocycles. The van der Waals surface area contributed by atoms with Gasteiger partial charge >= 0.3 is 12.0 Å². The number of amides is 2. The summed E-state index contributed by atoms with van der Waals surface area (Å²) in [5.74, 6) is -0.909. The highest BCUT2D eigenvalue weighted by atomic mass is 16.4. The molecule has 5 nitrogen and oxygen atoms in total. The number of nitrogens with one attached hydrogen (secondary N) is 2. The van der Waals surface area contributed by atoms with E-state index in [-0.39, 0.29) is 30.0 Å². The lowest BCUT2D eigenvalue weighted by Crippen LogP contribution is -2.47. The predicted molar refractivity (Wildman–Crippen MR) is 76.1 cm³/mol. The van der Waals surface area contributed by atoms with Gasteiger partial charge in [0.05, 0.1) is 6.42 Å². The van der Waals surface area contributed by atoms with Crippen LogP contribution in [-0.4, -0.2) is 29.2 Å². The number of hydrogen-bond donors (Lipinski definition) is 3. The number of carbonyl (C=O) groups excluding carboxylic acids is 1. The molecule has 0 aromatic rings. The molecule has 0 aliphatic carbocycles. The number of carboxylic acids is 1. The molecule has 2 atom stereocenters. The van der Waals surface area contributed by atoms with Crippen LogP contribution in [0.15, 0.2) is 12.7 Å². The second-order valence-corrected chi connectivity index (χ2v) is 6.10. The van der Waals surface area contributed by atoms with Crippen molar-refractivity contribution >= 4 is 12.0 Å². The van der Waals surface area contributed by atoms with Crippen LogP contribution in [0.3, 0.4) is 0 Å². The molecule has 0 rings (SSSR count). The van der Waals surface area contributed by atoms with Gasteiger partial charge in [0.1, 0.15) is 0 Å². The second kappa shape index (κ2) is 7.81. The molecule has 0 heterocycles. The third-order valence-electron chi connectivity index (χ3n) is 2.51. The maximum atomic E-state index is 11.8. The van der Waals surface area contributed by atoms with Crippen molar-refractivity contribution in [1.29, 1.82) is 0 Å². The van der Waals surface area contributed by atoms with E-state index in [1.807, 2.05) is 27.7 Å². The monoisotopic (exact) mass is 270 g/mol. The minimum Gasteiger partial charge on any atom is -0.481 e. The van der Waals surface area contributed by atoms with E-state index in [1.165, 1.54) is 0 Å². The average molecular weight is 270 g/mol. The molecule has 0 fully saturated rings. The molecule has 2 amide bonds. The van der Waals surface area contributed by atoms with Gasteiger partial charge < -0.3 is 15.7 Å². The molecule has 110 valence electrons. The number of rotatable bonds is 7. The van der Waals surface area contributed by atoms with Gasteiger partial charge in [-0.2, -0.15) is 0 Å². The van der Waals surface area contributed by atoms with E-state index >= 15 is 0 Å². The van der Waals surface area contributed by atoms with E-state index in [9.17, 15) is 9.59 Å². The van der Waals surface area contributed by atoms with Crippen LogP contribution in [0.4, 0.5) is 4.79 Å². The molecular formula is C14H26N2O3. The zero-order chi connectivity index (χ0) is 15.1. The van der Waals surface area contributed by atoms with Crippen molar-refractivity contribution in [2.45, 2.75) is 59.0 Å². The normalized spacial score (nSPS) is 14.3. The summed E-state index contributed by atoms with van der Waals surface area (Å²) in [6.45, 7) is 11.5. The summed E-state index contributed by atoms with van der Waals surface area (Å²) in [6.07, 6.45) is 2.95. The number of aliphatic carboxylic acids is 1. The Bertz CT molecular complexity index is 321. The first-order chi connectivity index (χ1) is 8.64. The van der Waals surface area contributed by atoms with Crippen molar-refractivity contribution in [2.75, 3.05) is 0 Å². The van der Waals surface area contributed by atoms with Crippen LogP contribution in [0.5, 0.6) is 0 Å². The maximum absolute atomic E-state index is 11.8. The smallest absolute Gasteiger partial charge is 0.315 e. The maximum Gasteiger partial charge on any atom is 0.315 e. The molecule has 0 radical (unpaired) electrons. The van der Waals surface area contributed by atoms with E-state index in [0.717, 1.165) is 0 Å². The van der Waals surface area contributed by atoms with E-state index in [1.54, 1.807) is 6.08 Å². The van der Waals surface area contributed by atoms with Gasteiger partial charge in [0.15, 0.2) is 0 Å². The fraction of sp³-hybridized carbons (Fsp3) is 0.714. The standard InChI is InChI=1S/C14H26N2O3/c1-6-7-10(2)15-13(19)16-11(8-12(17)18)9-14(3,4)5/h6,10-11H,1,7-9H2,2-5H3,(H,17,18)(H2,15,16,19). The van der Waals surface area contributed by atoms with Gasteiger partial charge in [-0.3, -0.25) is 4.79 Å². The Morgan fingerprint density at radius 3 is 2.32 bits per heavy atom. The van der Waals surface area contributed by atoms with Gasteiger partial charge in [-0.05, 0) is 25.2 Å². The van der Waals surface area contributed by atoms with Crippen LogP contribution in [0.25, 0.3) is 0 Å². The Balaban J connectivity index is 4.42. The molecule has 0 spiro atoms. The molecule has 0 bridgehead atoms. The Morgan fingerprint density at radius 2 is 1.89 bits per heavy atom. The summed E-state index contributed by atoms with van der Waals surface area (Å²) in [6, 6.07) is -0.712. The van der Waals surface area contributed by atoms with E-state index < -0.39 is 5.97 Å². The Hall–Kier alpha value is -1.52. The van der Waals surface area contributed by atoms with Crippen LogP contribution in [0.2, 0.25) is 0 Å². The van der Waals surface area contributed by atoms with Gasteiger partial charge in [0.25, 0.3) is 0 Å². The topological polar surface area (TPSA) is 78.4 Å². The first kappa shape index (κ1) is 17.5. The SMILES string of the molecule is C=CCC(C)NC(=O)NC(CC(=O)O)CC(C)(C)C. The van der Waals surface area contributed by atoms with Gasteiger partial charge in [0.2, 0.25) is 0 Å². The highest BCUT2D eigenvalue weighted by molar-refractivity contribution is 5.76. The second-order valence-electron chi connectivity index (χ2n) is 6.10. The van der Waals surface area contributed by atoms with Crippen molar-refractivity contribution < 1.29 is 14.7 Å². The van der Waals surface area contributed by atoms with Crippen LogP contribution in [-0.2, 0) is 4.79 Å². The van der Waals surface area contributed by atoms with Crippen molar-refractivity contribution in [3.8, 4) is 0 Å². The molecule has 2 unspecified atom stereocenters. The largest absolute Gasteiger partial charge is 0.481 e. The van der Waals surface area contributed by atoms with Crippen LogP contribution in [0.1, 0.15) is 47.0 Å². The molecule has 3 N–H and O–H groups in total. The van der Waals surface area contributed by atoms with Gasteiger partial charge in [0, 0.05) is 12.1 Å². The third kappa shape index (κ3) is 10.1. The zero-order valence-corrected chi connectivity index (χ0v) is 12.3. The quantitative estimate of drug-likeness (QED) is 0.622. The Kier molecular flexibility index (Phi) is 7.19. The van der Waals surface area contributed by atoms with Crippen molar-refractivity contribution in [1.82, 2.24) is 10.6 Å². The molecule has 19 heavy (non-hydrogen) atoms. The molecule has 0 aromatic carbocycles. The summed E-state index contributed by atoms with van der Waals surface area (Å²) in [5, 5.41) is 14.4. The van der Waals surface area contributed by atoms with E-state index in [0.29, 0.717) is 12.8 Å². The molecule has 0 aliphatic rings. The minimum absolute atomic E-state index is 0.0161. The fourth-order valence-corrected chi connectivity index (χ4v) is 1.88. The number of carbonyl (C=O) groups is 2. The first-order valence-corrected chi connectivity index (χ1v) is 6.53. The number of urea groups is 1. The molecule has 0 saturated heterocycles. The average Bonchev–Trinajstić information content (AvgIpc) is 2.12. The van der Waals surface area contributed by atoms with E-state index in [4.69, 9.17) is 5.11 Å². The summed E-state index contributed by atoms with van der Waals surface area (Å²) >= 11 is 0. The molecule has 5 heteroatoms. The molecule has 0 aliphatic heterocycles. The highest BCUT2D eigenvalue weighted by Crippen LogP contribution is 2.22. The third-order valence-corrected chi connectivity index (χ3v) is 2.51. The van der Waals surface area contributed by atoms with Crippen LogP contribution in [0, 0.1) is 5.41 Å². The summed E-state index contributed by atoms with van der Waals surface area (Å²) in [4.78, 5) is 22.6. The number of carboxylic acid groups (broad SMARTS) is 1. The fourth-order valence-electron chi connectivity index (χ4n) is 1.88. The number of hydrogen-bond acceptors (Lipinski definition) is 2.